The van der Waals surface area contributed by atoms with E-state index in [0.29, 0.717) is 6.54 Å². The summed E-state index contributed by atoms with van der Waals surface area (Å²) in [6, 6.07) is 10.5. The highest BCUT2D eigenvalue weighted by Crippen LogP contribution is 2.38. The molecule has 0 bridgehead atoms. The Kier molecular flexibility index (Phi) is 6.00. The molecule has 5 heteroatoms. The molecule has 0 saturated carbocycles. The first-order chi connectivity index (χ1) is 12.9. The van der Waals surface area contributed by atoms with Gasteiger partial charge in [0.15, 0.2) is 0 Å². The minimum atomic E-state index is -0.0908. The van der Waals surface area contributed by atoms with E-state index >= 15 is 0 Å². The van der Waals surface area contributed by atoms with Crippen LogP contribution in [-0.4, -0.2) is 59.4 Å². The first kappa shape index (κ1) is 19.6. The lowest BCUT2D eigenvalue weighted by Crippen LogP contribution is -2.53. The van der Waals surface area contributed by atoms with Gasteiger partial charge < -0.3 is 10.2 Å². The third-order valence-electron chi connectivity index (χ3n) is 5.86. The Morgan fingerprint density at radius 3 is 2.41 bits per heavy atom. The van der Waals surface area contributed by atoms with Crippen molar-refractivity contribution in [3.8, 4) is 0 Å². The SMILES string of the molecule is CC(=O)N[C@H]1CN(C(C)=O)C2(CCN(C/C(C)=C/c3ccccc3)CC2)C1. The number of carbonyl (C=O) groups is 2. The lowest BCUT2D eigenvalue weighted by Gasteiger charge is -2.44. The van der Waals surface area contributed by atoms with Gasteiger partial charge in [-0.25, -0.2) is 0 Å². The molecule has 1 aromatic rings. The van der Waals surface area contributed by atoms with Crippen LogP contribution in [-0.2, 0) is 9.59 Å². The Hall–Kier alpha value is -2.14. The Bertz CT molecular complexity index is 706. The first-order valence-corrected chi connectivity index (χ1v) is 9.88. The number of piperidine rings is 1. The van der Waals surface area contributed by atoms with Crippen LogP contribution in [0.15, 0.2) is 35.9 Å². The van der Waals surface area contributed by atoms with Crippen molar-refractivity contribution in [3.05, 3.63) is 41.5 Å². The lowest BCUT2D eigenvalue weighted by molar-refractivity contribution is -0.134. The fraction of sp³-hybridized carbons (Fsp3) is 0.545. The lowest BCUT2D eigenvalue weighted by atomic mass is 9.84. The van der Waals surface area contributed by atoms with Gasteiger partial charge in [-0.05, 0) is 31.7 Å². The van der Waals surface area contributed by atoms with E-state index in [2.05, 4.69) is 47.5 Å². The van der Waals surface area contributed by atoms with Crippen molar-refractivity contribution in [2.75, 3.05) is 26.2 Å². The summed E-state index contributed by atoms with van der Waals surface area (Å²) in [4.78, 5) is 28.1. The molecule has 146 valence electrons. The second kappa shape index (κ2) is 8.26. The summed E-state index contributed by atoms with van der Waals surface area (Å²) in [5.41, 5.74) is 2.50. The number of carbonyl (C=O) groups excluding carboxylic acids is 2. The molecule has 2 fully saturated rings. The molecule has 3 rings (SSSR count). The molecule has 2 saturated heterocycles. The third kappa shape index (κ3) is 4.78. The summed E-state index contributed by atoms with van der Waals surface area (Å²) < 4.78 is 0. The van der Waals surface area contributed by atoms with Crippen molar-refractivity contribution in [2.24, 2.45) is 0 Å². The van der Waals surface area contributed by atoms with Gasteiger partial charge in [0.05, 0.1) is 0 Å². The summed E-state index contributed by atoms with van der Waals surface area (Å²) in [6.07, 6.45) is 5.07. The highest BCUT2D eigenvalue weighted by atomic mass is 16.2. The van der Waals surface area contributed by atoms with Gasteiger partial charge in [0.2, 0.25) is 11.8 Å². The van der Waals surface area contributed by atoms with Crippen molar-refractivity contribution in [3.63, 3.8) is 0 Å². The van der Waals surface area contributed by atoms with Gasteiger partial charge in [0.1, 0.15) is 0 Å². The van der Waals surface area contributed by atoms with Gasteiger partial charge in [-0.3, -0.25) is 14.5 Å². The fourth-order valence-corrected chi connectivity index (χ4v) is 4.73. The Balaban J connectivity index is 1.60. The molecular formula is C22H31N3O2. The van der Waals surface area contributed by atoms with E-state index in [1.807, 2.05) is 11.0 Å². The number of benzene rings is 1. The fourth-order valence-electron chi connectivity index (χ4n) is 4.73. The van der Waals surface area contributed by atoms with Crippen LogP contribution >= 0.6 is 0 Å². The Morgan fingerprint density at radius 2 is 1.81 bits per heavy atom. The minimum absolute atomic E-state index is 0.0142. The number of likely N-dealkylation sites (tertiary alicyclic amines) is 2. The van der Waals surface area contributed by atoms with Gasteiger partial charge in [0, 0.05) is 51.6 Å². The number of nitrogens with one attached hydrogen (secondary N) is 1. The average Bonchev–Trinajstić information content (AvgIpc) is 2.95. The molecule has 2 aliphatic rings. The van der Waals surface area contributed by atoms with Gasteiger partial charge in [-0.2, -0.15) is 0 Å². The topological polar surface area (TPSA) is 52.7 Å². The second-order valence-corrected chi connectivity index (χ2v) is 8.13. The summed E-state index contributed by atoms with van der Waals surface area (Å²) >= 11 is 0. The van der Waals surface area contributed by atoms with E-state index in [4.69, 9.17) is 0 Å². The Labute approximate surface area is 162 Å². The smallest absolute Gasteiger partial charge is 0.219 e. The second-order valence-electron chi connectivity index (χ2n) is 8.13. The zero-order chi connectivity index (χ0) is 19.4. The van der Waals surface area contributed by atoms with Crippen molar-refractivity contribution in [1.82, 2.24) is 15.1 Å². The number of rotatable bonds is 4. The standard InChI is InChI=1S/C22H31N3O2/c1-17(13-20-7-5-4-6-8-20)15-24-11-9-22(10-12-24)14-21(23-18(2)26)16-25(22)19(3)27/h4-8,13,21H,9-12,14-16H2,1-3H3,(H,23,26)/b17-13+/t21-/m1/s1. The molecule has 1 N–H and O–H groups in total. The van der Waals surface area contributed by atoms with Crippen LogP contribution in [0, 0.1) is 0 Å². The summed E-state index contributed by atoms with van der Waals surface area (Å²) in [5, 5.41) is 3.01. The van der Waals surface area contributed by atoms with Gasteiger partial charge in [-0.1, -0.05) is 42.0 Å². The van der Waals surface area contributed by atoms with Crippen molar-refractivity contribution >= 4 is 17.9 Å². The molecule has 2 amide bonds. The predicted octanol–water partition coefficient (Wildman–Crippen LogP) is 2.68. The molecule has 1 aromatic carbocycles. The predicted molar refractivity (Wildman–Crippen MR) is 108 cm³/mol. The summed E-state index contributed by atoms with van der Waals surface area (Å²) in [5.74, 6) is 0.108. The van der Waals surface area contributed by atoms with E-state index in [-0.39, 0.29) is 23.4 Å². The van der Waals surface area contributed by atoms with Crippen molar-refractivity contribution in [1.29, 1.82) is 0 Å². The van der Waals surface area contributed by atoms with Crippen LogP contribution in [0.4, 0.5) is 0 Å². The van der Waals surface area contributed by atoms with Crippen LogP contribution in [0.2, 0.25) is 0 Å². The molecule has 5 nitrogen and oxygen atoms in total. The van der Waals surface area contributed by atoms with Crippen LogP contribution < -0.4 is 5.32 Å². The van der Waals surface area contributed by atoms with Crippen molar-refractivity contribution in [2.45, 2.75) is 51.6 Å². The largest absolute Gasteiger partial charge is 0.352 e. The van der Waals surface area contributed by atoms with Crippen LogP contribution in [0.3, 0.4) is 0 Å². The first-order valence-electron chi connectivity index (χ1n) is 9.88. The Morgan fingerprint density at radius 1 is 1.15 bits per heavy atom. The van der Waals surface area contributed by atoms with Crippen molar-refractivity contribution < 1.29 is 9.59 Å². The highest BCUT2D eigenvalue weighted by Gasteiger charge is 2.48. The molecule has 2 aliphatic heterocycles. The van der Waals surface area contributed by atoms with Crippen LogP contribution in [0.5, 0.6) is 0 Å². The van der Waals surface area contributed by atoms with Gasteiger partial charge in [0.25, 0.3) is 0 Å². The molecule has 2 heterocycles. The number of amides is 2. The number of hydrogen-bond donors (Lipinski definition) is 1. The number of hydrogen-bond acceptors (Lipinski definition) is 3. The molecular weight excluding hydrogens is 338 g/mol. The zero-order valence-electron chi connectivity index (χ0n) is 16.7. The molecule has 0 aliphatic carbocycles. The van der Waals surface area contributed by atoms with E-state index < -0.39 is 0 Å². The van der Waals surface area contributed by atoms with E-state index in [0.717, 1.165) is 38.9 Å². The van der Waals surface area contributed by atoms with Gasteiger partial charge in [-0.15, -0.1) is 0 Å². The monoisotopic (exact) mass is 369 g/mol. The maximum atomic E-state index is 12.2. The minimum Gasteiger partial charge on any atom is -0.352 e. The summed E-state index contributed by atoms with van der Waals surface area (Å²) in [7, 11) is 0. The maximum Gasteiger partial charge on any atom is 0.219 e. The molecule has 0 radical (unpaired) electrons. The zero-order valence-corrected chi connectivity index (χ0v) is 16.7. The van der Waals surface area contributed by atoms with E-state index in [1.165, 1.54) is 11.1 Å². The normalized spacial score (nSPS) is 22.9. The quantitative estimate of drug-likeness (QED) is 0.888. The van der Waals surface area contributed by atoms with E-state index in [1.54, 1.807) is 13.8 Å². The molecule has 0 aromatic heterocycles. The molecule has 0 unspecified atom stereocenters. The van der Waals surface area contributed by atoms with Crippen LogP contribution in [0.1, 0.15) is 45.6 Å². The van der Waals surface area contributed by atoms with E-state index in [9.17, 15) is 9.59 Å². The molecule has 1 spiro atoms. The van der Waals surface area contributed by atoms with Gasteiger partial charge >= 0.3 is 0 Å². The average molecular weight is 370 g/mol. The summed E-state index contributed by atoms with van der Waals surface area (Å²) in [6.45, 7) is 8.95. The molecule has 1 atom stereocenters. The molecule has 27 heavy (non-hydrogen) atoms. The highest BCUT2D eigenvalue weighted by molar-refractivity contribution is 5.76. The number of nitrogens with zero attached hydrogens (tertiary/aromatic N) is 2. The third-order valence-corrected chi connectivity index (χ3v) is 5.86. The maximum absolute atomic E-state index is 12.2. The van der Waals surface area contributed by atoms with Crippen LogP contribution in [0.25, 0.3) is 6.08 Å².